The number of carbonyl (C=O) groups is 1. The summed E-state index contributed by atoms with van der Waals surface area (Å²) in [6.07, 6.45) is 0. The first-order valence-corrected chi connectivity index (χ1v) is 8.60. The van der Waals surface area contributed by atoms with E-state index in [4.69, 9.17) is 9.84 Å². The van der Waals surface area contributed by atoms with Crippen molar-refractivity contribution in [2.75, 3.05) is 11.9 Å². The van der Waals surface area contributed by atoms with Gasteiger partial charge in [-0.3, -0.25) is 4.79 Å². The second-order valence-corrected chi connectivity index (χ2v) is 8.27. The maximum Gasteiger partial charge on any atom is 0.251 e. The van der Waals surface area contributed by atoms with Crippen molar-refractivity contribution in [1.82, 2.24) is 9.78 Å². The molecule has 1 heterocycles. The van der Waals surface area contributed by atoms with Crippen LogP contribution >= 0.6 is 0 Å². The van der Waals surface area contributed by atoms with Gasteiger partial charge in [-0.15, -0.1) is 0 Å². The number of hydrogen-bond acceptors (Lipinski definition) is 3. The maximum absolute atomic E-state index is 12.3. The Morgan fingerprint density at radius 3 is 2.32 bits per heavy atom. The molecule has 136 valence electrons. The number of hydrogen-bond donors (Lipinski definition) is 1. The van der Waals surface area contributed by atoms with E-state index in [1.807, 2.05) is 41.1 Å². The first-order valence-electron chi connectivity index (χ1n) is 8.60. The summed E-state index contributed by atoms with van der Waals surface area (Å²) < 4.78 is 7.38. The van der Waals surface area contributed by atoms with E-state index in [1.54, 1.807) is 0 Å². The Labute approximate surface area is 150 Å². The van der Waals surface area contributed by atoms with Crippen molar-refractivity contribution in [3.63, 3.8) is 0 Å². The van der Waals surface area contributed by atoms with Gasteiger partial charge in [-0.05, 0) is 26.3 Å². The lowest BCUT2D eigenvalue weighted by Gasteiger charge is -2.23. The molecule has 0 radical (unpaired) electrons. The predicted octanol–water partition coefficient (Wildman–Crippen LogP) is 4.09. The molecular formula is C20H29N3O2. The van der Waals surface area contributed by atoms with Crippen LogP contribution in [0, 0.1) is 0 Å². The highest BCUT2D eigenvalue weighted by Crippen LogP contribution is 2.28. The molecule has 0 aliphatic carbocycles. The summed E-state index contributed by atoms with van der Waals surface area (Å²) in [6.45, 7) is 12.9. The zero-order valence-corrected chi connectivity index (χ0v) is 16.1. The smallest absolute Gasteiger partial charge is 0.251 e. The zero-order valence-electron chi connectivity index (χ0n) is 16.1. The normalized spacial score (nSPS) is 12.2. The van der Waals surface area contributed by atoms with Crippen LogP contribution in [-0.4, -0.2) is 22.3 Å². The SMILES string of the molecule is CC(C)(C)c1cc(NC(=O)COCc2ccccc2)n(C(C)(C)C)n1. The van der Waals surface area contributed by atoms with Gasteiger partial charge in [-0.1, -0.05) is 51.1 Å². The Morgan fingerprint density at radius 2 is 1.76 bits per heavy atom. The van der Waals surface area contributed by atoms with Crippen molar-refractivity contribution in [3.8, 4) is 0 Å². The third-order valence-corrected chi connectivity index (χ3v) is 3.73. The molecule has 0 unspecified atom stereocenters. The summed E-state index contributed by atoms with van der Waals surface area (Å²) in [4.78, 5) is 12.3. The van der Waals surface area contributed by atoms with Gasteiger partial charge >= 0.3 is 0 Å². The lowest BCUT2D eigenvalue weighted by atomic mass is 9.92. The molecule has 1 amide bonds. The number of nitrogens with one attached hydrogen (secondary N) is 1. The highest BCUT2D eigenvalue weighted by molar-refractivity contribution is 5.91. The van der Waals surface area contributed by atoms with E-state index in [9.17, 15) is 4.79 Å². The van der Waals surface area contributed by atoms with Crippen LogP contribution in [0.15, 0.2) is 36.4 Å². The minimum Gasteiger partial charge on any atom is -0.367 e. The highest BCUT2D eigenvalue weighted by Gasteiger charge is 2.25. The molecule has 1 aromatic heterocycles. The van der Waals surface area contributed by atoms with Crippen LogP contribution in [0.1, 0.15) is 52.8 Å². The molecule has 0 saturated heterocycles. The molecule has 0 spiro atoms. The topological polar surface area (TPSA) is 56.1 Å². The Morgan fingerprint density at radius 1 is 1.12 bits per heavy atom. The Bertz CT molecular complexity index is 707. The molecule has 1 aromatic carbocycles. The summed E-state index contributed by atoms with van der Waals surface area (Å²) in [5, 5.41) is 7.63. The number of rotatable bonds is 5. The Kier molecular flexibility index (Phi) is 5.68. The van der Waals surface area contributed by atoms with Crippen LogP contribution in [-0.2, 0) is 27.1 Å². The van der Waals surface area contributed by atoms with E-state index in [0.717, 1.165) is 11.3 Å². The van der Waals surface area contributed by atoms with Gasteiger partial charge in [-0.2, -0.15) is 5.10 Å². The molecule has 0 aliphatic heterocycles. The van der Waals surface area contributed by atoms with Crippen LogP contribution < -0.4 is 5.32 Å². The highest BCUT2D eigenvalue weighted by atomic mass is 16.5. The summed E-state index contributed by atoms with van der Waals surface area (Å²) >= 11 is 0. The first kappa shape index (κ1) is 19.2. The van der Waals surface area contributed by atoms with Gasteiger partial charge in [0.2, 0.25) is 0 Å². The molecule has 0 saturated carbocycles. The monoisotopic (exact) mass is 343 g/mol. The van der Waals surface area contributed by atoms with Gasteiger partial charge in [0, 0.05) is 11.5 Å². The summed E-state index contributed by atoms with van der Waals surface area (Å²) in [5.74, 6) is 0.521. The van der Waals surface area contributed by atoms with Crippen LogP contribution in [0.2, 0.25) is 0 Å². The van der Waals surface area contributed by atoms with Gasteiger partial charge in [0.25, 0.3) is 5.91 Å². The lowest BCUT2D eigenvalue weighted by molar-refractivity contribution is -0.121. The minimum absolute atomic E-state index is 0.00900. The van der Waals surface area contributed by atoms with E-state index in [-0.39, 0.29) is 23.5 Å². The number of nitrogens with zero attached hydrogens (tertiary/aromatic N) is 2. The van der Waals surface area contributed by atoms with E-state index in [2.05, 4.69) is 46.9 Å². The third-order valence-electron chi connectivity index (χ3n) is 3.73. The maximum atomic E-state index is 12.3. The molecule has 25 heavy (non-hydrogen) atoms. The lowest BCUT2D eigenvalue weighted by Crippen LogP contribution is -2.28. The summed E-state index contributed by atoms with van der Waals surface area (Å²) in [6, 6.07) is 11.8. The molecule has 2 rings (SSSR count). The second kappa shape index (κ2) is 7.40. The van der Waals surface area contributed by atoms with E-state index < -0.39 is 0 Å². The molecule has 0 fully saturated rings. The molecule has 0 bridgehead atoms. The first-order chi connectivity index (χ1) is 11.6. The van der Waals surface area contributed by atoms with Gasteiger partial charge in [0.05, 0.1) is 17.8 Å². The largest absolute Gasteiger partial charge is 0.367 e. The van der Waals surface area contributed by atoms with Crippen LogP contribution in [0.4, 0.5) is 5.82 Å². The number of benzene rings is 1. The van der Waals surface area contributed by atoms with Crippen LogP contribution in [0.3, 0.4) is 0 Å². The average molecular weight is 343 g/mol. The van der Waals surface area contributed by atoms with Crippen molar-refractivity contribution in [3.05, 3.63) is 47.7 Å². The Hall–Kier alpha value is -2.14. The van der Waals surface area contributed by atoms with Crippen molar-refractivity contribution < 1.29 is 9.53 Å². The van der Waals surface area contributed by atoms with E-state index >= 15 is 0 Å². The van der Waals surface area contributed by atoms with Gasteiger partial charge < -0.3 is 10.1 Å². The number of anilines is 1. The number of ether oxygens (including phenoxy) is 1. The fraction of sp³-hybridized carbons (Fsp3) is 0.500. The van der Waals surface area contributed by atoms with Crippen molar-refractivity contribution in [2.45, 2.75) is 59.1 Å². The van der Waals surface area contributed by atoms with E-state index in [0.29, 0.717) is 12.4 Å². The average Bonchev–Trinajstić information content (AvgIpc) is 2.92. The fourth-order valence-electron chi connectivity index (χ4n) is 2.36. The van der Waals surface area contributed by atoms with Crippen LogP contribution in [0.5, 0.6) is 0 Å². The third kappa shape index (κ3) is 5.43. The molecule has 0 atom stereocenters. The molecule has 5 heteroatoms. The molecule has 2 aromatic rings. The number of amides is 1. The van der Waals surface area contributed by atoms with Gasteiger partial charge in [0.15, 0.2) is 0 Å². The van der Waals surface area contributed by atoms with E-state index in [1.165, 1.54) is 0 Å². The second-order valence-electron chi connectivity index (χ2n) is 8.27. The van der Waals surface area contributed by atoms with Crippen molar-refractivity contribution >= 4 is 11.7 Å². The predicted molar refractivity (Wildman–Crippen MR) is 101 cm³/mol. The van der Waals surface area contributed by atoms with Gasteiger partial charge in [-0.25, -0.2) is 4.68 Å². The van der Waals surface area contributed by atoms with Crippen LogP contribution in [0.25, 0.3) is 0 Å². The minimum atomic E-state index is -0.225. The summed E-state index contributed by atoms with van der Waals surface area (Å²) in [7, 11) is 0. The zero-order chi connectivity index (χ0) is 18.7. The standard InChI is InChI=1S/C20H29N3O2/c1-19(2,3)16-12-17(23(22-16)20(4,5)6)21-18(24)14-25-13-15-10-8-7-9-11-15/h7-12H,13-14H2,1-6H3,(H,21,24). The quantitative estimate of drug-likeness (QED) is 0.889. The summed E-state index contributed by atoms with van der Waals surface area (Å²) in [5.41, 5.74) is 1.68. The number of carbonyl (C=O) groups excluding carboxylic acids is 1. The molecular weight excluding hydrogens is 314 g/mol. The molecule has 1 N–H and O–H groups in total. The number of aromatic nitrogens is 2. The van der Waals surface area contributed by atoms with Crippen molar-refractivity contribution in [2.24, 2.45) is 0 Å². The Balaban J connectivity index is 2.03. The van der Waals surface area contributed by atoms with Gasteiger partial charge in [0.1, 0.15) is 12.4 Å². The van der Waals surface area contributed by atoms with Crippen molar-refractivity contribution in [1.29, 1.82) is 0 Å². The molecule has 0 aliphatic rings. The fourth-order valence-corrected chi connectivity index (χ4v) is 2.36. The molecule has 5 nitrogen and oxygen atoms in total.